The van der Waals surface area contributed by atoms with Gasteiger partial charge in [0.2, 0.25) is 5.91 Å². The number of carbonyl (C=O) groups is 1. The quantitative estimate of drug-likeness (QED) is 0.746. The van der Waals surface area contributed by atoms with Gasteiger partial charge in [0.1, 0.15) is 0 Å². The van der Waals surface area contributed by atoms with Crippen LogP contribution in [0.3, 0.4) is 0 Å². The number of amides is 1. The van der Waals surface area contributed by atoms with E-state index in [1.54, 1.807) is 0 Å². The molecule has 1 fully saturated rings. The van der Waals surface area contributed by atoms with E-state index < -0.39 is 0 Å². The summed E-state index contributed by atoms with van der Waals surface area (Å²) in [6.45, 7) is 7.11. The molecule has 1 heterocycles. The molecule has 17 heavy (non-hydrogen) atoms. The maximum absolute atomic E-state index is 12.3. The van der Waals surface area contributed by atoms with Crippen molar-refractivity contribution in [3.8, 4) is 0 Å². The third-order valence-corrected chi connectivity index (χ3v) is 2.88. The average Bonchev–Trinajstić information content (AvgIpc) is 2.76. The van der Waals surface area contributed by atoms with Gasteiger partial charge in [-0.1, -0.05) is 51.1 Å². The molecule has 3 nitrogen and oxygen atoms in total. The van der Waals surface area contributed by atoms with Gasteiger partial charge in [0.15, 0.2) is 6.23 Å². The first-order valence-corrected chi connectivity index (χ1v) is 5.98. The lowest BCUT2D eigenvalue weighted by Crippen LogP contribution is -2.39. The molecule has 0 spiro atoms. The maximum atomic E-state index is 12.3. The zero-order valence-corrected chi connectivity index (χ0v) is 10.6. The van der Waals surface area contributed by atoms with Crippen LogP contribution in [0, 0.1) is 5.41 Å². The number of hydrogen-bond donors (Lipinski definition) is 0. The van der Waals surface area contributed by atoms with Crippen LogP contribution in [-0.2, 0) is 9.53 Å². The highest BCUT2D eigenvalue weighted by Gasteiger charge is 2.36. The standard InChI is InChI=1S/C14H19NO2/c1-14(2,3)13(16)15-9-10-17-12(15)11-7-5-4-6-8-11/h4-8,12H,9-10H2,1-3H3. The molecule has 0 saturated carbocycles. The van der Waals surface area contributed by atoms with Crippen LogP contribution in [0.15, 0.2) is 30.3 Å². The molecule has 92 valence electrons. The van der Waals surface area contributed by atoms with Crippen molar-refractivity contribution in [1.82, 2.24) is 4.90 Å². The van der Waals surface area contributed by atoms with E-state index in [-0.39, 0.29) is 17.6 Å². The zero-order valence-electron chi connectivity index (χ0n) is 10.6. The van der Waals surface area contributed by atoms with Gasteiger partial charge in [-0.3, -0.25) is 4.79 Å². The Morgan fingerprint density at radius 2 is 1.94 bits per heavy atom. The van der Waals surface area contributed by atoms with E-state index in [0.717, 1.165) is 5.56 Å². The second kappa shape index (κ2) is 4.49. The third kappa shape index (κ3) is 2.50. The summed E-state index contributed by atoms with van der Waals surface area (Å²) in [5.41, 5.74) is 0.684. The fraction of sp³-hybridized carbons (Fsp3) is 0.500. The number of hydrogen-bond acceptors (Lipinski definition) is 2. The first kappa shape index (κ1) is 12.1. The fourth-order valence-corrected chi connectivity index (χ4v) is 2.00. The highest BCUT2D eigenvalue weighted by Crippen LogP contribution is 2.30. The van der Waals surface area contributed by atoms with Crippen molar-refractivity contribution in [2.24, 2.45) is 5.41 Å². The van der Waals surface area contributed by atoms with Crippen LogP contribution >= 0.6 is 0 Å². The van der Waals surface area contributed by atoms with Gasteiger partial charge in [-0.05, 0) is 0 Å². The maximum Gasteiger partial charge on any atom is 0.230 e. The van der Waals surface area contributed by atoms with E-state index in [1.165, 1.54) is 0 Å². The summed E-state index contributed by atoms with van der Waals surface area (Å²) in [5, 5.41) is 0. The summed E-state index contributed by atoms with van der Waals surface area (Å²) in [7, 11) is 0. The molecule has 0 radical (unpaired) electrons. The second-order valence-electron chi connectivity index (χ2n) is 5.38. The molecule has 1 saturated heterocycles. The smallest absolute Gasteiger partial charge is 0.230 e. The predicted molar refractivity (Wildman–Crippen MR) is 66.3 cm³/mol. The molecular weight excluding hydrogens is 214 g/mol. The summed E-state index contributed by atoms with van der Waals surface area (Å²) < 4.78 is 5.67. The fourth-order valence-electron chi connectivity index (χ4n) is 2.00. The molecule has 1 aliphatic heterocycles. The van der Waals surface area contributed by atoms with Gasteiger partial charge in [0, 0.05) is 17.5 Å². The highest BCUT2D eigenvalue weighted by atomic mass is 16.5. The predicted octanol–water partition coefficient (Wildman–Crippen LogP) is 2.59. The van der Waals surface area contributed by atoms with Crippen LogP contribution in [0.1, 0.15) is 32.6 Å². The molecule has 0 aliphatic carbocycles. The Bertz CT molecular complexity index is 394. The van der Waals surface area contributed by atoms with E-state index in [1.807, 2.05) is 56.0 Å². The Morgan fingerprint density at radius 1 is 1.29 bits per heavy atom. The summed E-state index contributed by atoms with van der Waals surface area (Å²) in [5.74, 6) is 0.142. The SMILES string of the molecule is CC(C)(C)C(=O)N1CCOC1c1ccccc1. The topological polar surface area (TPSA) is 29.5 Å². The molecule has 1 atom stereocenters. The van der Waals surface area contributed by atoms with Gasteiger partial charge in [0.25, 0.3) is 0 Å². The largest absolute Gasteiger partial charge is 0.352 e. The first-order chi connectivity index (χ1) is 8.00. The molecule has 1 amide bonds. The Hall–Kier alpha value is -1.35. The Labute approximate surface area is 102 Å². The number of ether oxygens (including phenoxy) is 1. The average molecular weight is 233 g/mol. The van der Waals surface area contributed by atoms with Crippen molar-refractivity contribution >= 4 is 5.91 Å². The van der Waals surface area contributed by atoms with E-state index >= 15 is 0 Å². The van der Waals surface area contributed by atoms with Crippen LogP contribution < -0.4 is 0 Å². The molecule has 1 aromatic carbocycles. The minimum absolute atomic E-state index is 0.142. The summed E-state index contributed by atoms with van der Waals surface area (Å²) in [6, 6.07) is 9.90. The van der Waals surface area contributed by atoms with Crippen molar-refractivity contribution < 1.29 is 9.53 Å². The Balaban J connectivity index is 2.22. The molecule has 3 heteroatoms. The normalized spacial score (nSPS) is 20.6. The first-order valence-electron chi connectivity index (χ1n) is 5.98. The monoisotopic (exact) mass is 233 g/mol. The van der Waals surface area contributed by atoms with Gasteiger partial charge in [0.05, 0.1) is 6.61 Å². The Kier molecular flexibility index (Phi) is 3.20. The molecular formula is C14H19NO2. The summed E-state index contributed by atoms with van der Waals surface area (Å²) in [6.07, 6.45) is -0.220. The van der Waals surface area contributed by atoms with Gasteiger partial charge >= 0.3 is 0 Å². The van der Waals surface area contributed by atoms with Crippen LogP contribution in [0.25, 0.3) is 0 Å². The molecule has 2 rings (SSSR count). The van der Waals surface area contributed by atoms with Crippen LogP contribution in [0.2, 0.25) is 0 Å². The minimum atomic E-state index is -0.360. The number of nitrogens with zero attached hydrogens (tertiary/aromatic N) is 1. The third-order valence-electron chi connectivity index (χ3n) is 2.88. The van der Waals surface area contributed by atoms with E-state index in [9.17, 15) is 4.79 Å². The lowest BCUT2D eigenvalue weighted by atomic mass is 9.94. The number of rotatable bonds is 1. The lowest BCUT2D eigenvalue weighted by molar-refractivity contribution is -0.144. The minimum Gasteiger partial charge on any atom is -0.352 e. The van der Waals surface area contributed by atoms with E-state index in [4.69, 9.17) is 4.74 Å². The van der Waals surface area contributed by atoms with Crippen molar-refractivity contribution in [3.05, 3.63) is 35.9 Å². The van der Waals surface area contributed by atoms with Gasteiger partial charge < -0.3 is 9.64 Å². The van der Waals surface area contributed by atoms with E-state index in [0.29, 0.717) is 13.2 Å². The van der Waals surface area contributed by atoms with Gasteiger partial charge in [-0.2, -0.15) is 0 Å². The summed E-state index contributed by atoms with van der Waals surface area (Å²) in [4.78, 5) is 14.1. The number of carbonyl (C=O) groups excluding carboxylic acids is 1. The molecule has 1 aromatic rings. The van der Waals surface area contributed by atoms with Crippen molar-refractivity contribution in [2.75, 3.05) is 13.2 Å². The van der Waals surface area contributed by atoms with Crippen molar-refractivity contribution in [1.29, 1.82) is 0 Å². The van der Waals surface area contributed by atoms with Crippen LogP contribution in [-0.4, -0.2) is 24.0 Å². The van der Waals surface area contributed by atoms with Crippen molar-refractivity contribution in [3.63, 3.8) is 0 Å². The van der Waals surface area contributed by atoms with Crippen LogP contribution in [0.5, 0.6) is 0 Å². The molecule has 0 bridgehead atoms. The Morgan fingerprint density at radius 3 is 2.53 bits per heavy atom. The van der Waals surface area contributed by atoms with Crippen molar-refractivity contribution in [2.45, 2.75) is 27.0 Å². The summed E-state index contributed by atoms with van der Waals surface area (Å²) >= 11 is 0. The second-order valence-corrected chi connectivity index (χ2v) is 5.38. The number of benzene rings is 1. The lowest BCUT2D eigenvalue weighted by Gasteiger charge is -2.29. The molecule has 0 N–H and O–H groups in total. The zero-order chi connectivity index (χ0) is 12.5. The molecule has 1 aliphatic rings. The molecule has 0 aromatic heterocycles. The highest BCUT2D eigenvalue weighted by molar-refractivity contribution is 5.82. The van der Waals surface area contributed by atoms with Gasteiger partial charge in [-0.15, -0.1) is 0 Å². The van der Waals surface area contributed by atoms with E-state index in [2.05, 4.69) is 0 Å². The van der Waals surface area contributed by atoms with Gasteiger partial charge in [-0.25, -0.2) is 0 Å². The van der Waals surface area contributed by atoms with Crippen LogP contribution in [0.4, 0.5) is 0 Å². The molecule has 1 unspecified atom stereocenters.